The Morgan fingerprint density at radius 1 is 1.11 bits per heavy atom. The van der Waals surface area contributed by atoms with E-state index in [1.807, 2.05) is 69.3 Å². The molecule has 3 N–H and O–H groups in total. The van der Waals surface area contributed by atoms with Crippen LogP contribution in [-0.4, -0.2) is 38.2 Å². The molecule has 0 spiro atoms. The first-order chi connectivity index (χ1) is 12.8. The van der Waals surface area contributed by atoms with Gasteiger partial charge in [0.25, 0.3) is 0 Å². The van der Waals surface area contributed by atoms with Crippen LogP contribution < -0.4 is 5.73 Å². The first-order valence-corrected chi connectivity index (χ1v) is 8.74. The molecular weight excluding hydrogens is 342 g/mol. The number of hydrogen-bond acceptors (Lipinski definition) is 6. The minimum atomic E-state index is -0.693. The van der Waals surface area contributed by atoms with Gasteiger partial charge in [-0.25, -0.2) is 0 Å². The van der Waals surface area contributed by atoms with Gasteiger partial charge in [0, 0.05) is 5.56 Å². The molecular formula is C20H23N5O2. The molecule has 7 nitrogen and oxygen atoms in total. The average molecular weight is 365 g/mol. The Balaban J connectivity index is 1.76. The maximum absolute atomic E-state index is 12.1. The lowest BCUT2D eigenvalue weighted by molar-refractivity contribution is -0.156. The molecule has 7 heteroatoms. The molecule has 0 saturated carbocycles. The number of carbonyl (C=O) groups excluding carboxylic acids is 1. The van der Waals surface area contributed by atoms with Crippen LogP contribution in [0.25, 0.3) is 22.5 Å². The van der Waals surface area contributed by atoms with Crippen molar-refractivity contribution in [2.75, 3.05) is 0 Å². The number of hydrogen-bond donors (Lipinski definition) is 2. The van der Waals surface area contributed by atoms with Gasteiger partial charge in [0.2, 0.25) is 5.82 Å². The van der Waals surface area contributed by atoms with Crippen molar-refractivity contribution in [2.24, 2.45) is 5.73 Å². The summed E-state index contributed by atoms with van der Waals surface area (Å²) in [6.07, 6.45) is 0.418. The third kappa shape index (κ3) is 4.77. The highest BCUT2D eigenvalue weighted by molar-refractivity contribution is 5.80. The van der Waals surface area contributed by atoms with Crippen LogP contribution >= 0.6 is 0 Å². The Kier molecular flexibility index (Phi) is 5.32. The molecule has 0 saturated heterocycles. The number of nitrogens with zero attached hydrogens (tertiary/aromatic N) is 3. The lowest BCUT2D eigenvalue weighted by atomic mass is 9.97. The van der Waals surface area contributed by atoms with Gasteiger partial charge in [-0.3, -0.25) is 4.79 Å². The van der Waals surface area contributed by atoms with Crippen molar-refractivity contribution >= 4 is 5.97 Å². The number of benzene rings is 2. The summed E-state index contributed by atoms with van der Waals surface area (Å²) in [6.45, 7) is 5.48. The van der Waals surface area contributed by atoms with E-state index in [0.29, 0.717) is 12.2 Å². The molecule has 0 fully saturated rings. The molecule has 1 atom stereocenters. The second-order valence-corrected chi connectivity index (χ2v) is 7.32. The van der Waals surface area contributed by atoms with Gasteiger partial charge in [0.1, 0.15) is 11.6 Å². The summed E-state index contributed by atoms with van der Waals surface area (Å²) in [4.78, 5) is 12.1. The van der Waals surface area contributed by atoms with Crippen LogP contribution in [0.5, 0.6) is 0 Å². The number of tetrazole rings is 1. The molecule has 27 heavy (non-hydrogen) atoms. The number of H-pyrrole nitrogens is 1. The first kappa shape index (κ1) is 18.7. The van der Waals surface area contributed by atoms with E-state index in [1.165, 1.54) is 0 Å². The lowest BCUT2D eigenvalue weighted by Crippen LogP contribution is -2.38. The fourth-order valence-electron chi connectivity index (χ4n) is 2.74. The van der Waals surface area contributed by atoms with Gasteiger partial charge >= 0.3 is 5.97 Å². The highest BCUT2D eigenvalue weighted by Crippen LogP contribution is 2.29. The number of ether oxygens (including phenoxy) is 1. The van der Waals surface area contributed by atoms with E-state index in [1.54, 1.807) is 0 Å². The smallest absolute Gasteiger partial charge is 0.323 e. The zero-order chi connectivity index (χ0) is 19.4. The lowest BCUT2D eigenvalue weighted by Gasteiger charge is -2.22. The van der Waals surface area contributed by atoms with E-state index >= 15 is 0 Å². The highest BCUT2D eigenvalue weighted by Gasteiger charge is 2.22. The van der Waals surface area contributed by atoms with Crippen LogP contribution in [0, 0.1) is 0 Å². The van der Waals surface area contributed by atoms with E-state index in [-0.39, 0.29) is 0 Å². The van der Waals surface area contributed by atoms with Crippen molar-refractivity contribution in [3.05, 3.63) is 54.1 Å². The van der Waals surface area contributed by atoms with Gasteiger partial charge in [0.15, 0.2) is 0 Å². The standard InChI is InChI=1S/C20H23N5O2/c1-20(2,3)27-19(26)17(21)12-13-8-10-14(11-9-13)15-6-4-5-7-16(15)18-22-24-25-23-18/h4-11,17H,12,21H2,1-3H3,(H,22,23,24,25)/t17-/m0/s1. The monoisotopic (exact) mass is 365 g/mol. The van der Waals surface area contributed by atoms with Crippen LogP contribution in [-0.2, 0) is 16.0 Å². The summed E-state index contributed by atoms with van der Waals surface area (Å²) in [6, 6.07) is 15.1. The molecule has 0 aliphatic rings. The fourth-order valence-corrected chi connectivity index (χ4v) is 2.74. The van der Waals surface area contributed by atoms with E-state index in [0.717, 1.165) is 22.3 Å². The second-order valence-electron chi connectivity index (χ2n) is 7.32. The van der Waals surface area contributed by atoms with Crippen LogP contribution in [0.1, 0.15) is 26.3 Å². The molecule has 3 rings (SSSR count). The predicted molar refractivity (Wildman–Crippen MR) is 103 cm³/mol. The zero-order valence-electron chi connectivity index (χ0n) is 15.6. The largest absolute Gasteiger partial charge is 0.459 e. The maximum Gasteiger partial charge on any atom is 0.323 e. The van der Waals surface area contributed by atoms with Crippen LogP contribution in [0.15, 0.2) is 48.5 Å². The van der Waals surface area contributed by atoms with Crippen molar-refractivity contribution in [1.29, 1.82) is 0 Å². The summed E-state index contributed by atoms with van der Waals surface area (Å²) in [5.74, 6) is 0.149. The highest BCUT2D eigenvalue weighted by atomic mass is 16.6. The van der Waals surface area contributed by atoms with Gasteiger partial charge in [-0.1, -0.05) is 48.5 Å². The van der Waals surface area contributed by atoms with E-state index in [2.05, 4.69) is 20.6 Å². The predicted octanol–water partition coefficient (Wildman–Crippen LogP) is 2.75. The molecule has 1 aromatic heterocycles. The topological polar surface area (TPSA) is 107 Å². The number of nitrogens with one attached hydrogen (secondary N) is 1. The quantitative estimate of drug-likeness (QED) is 0.673. The van der Waals surface area contributed by atoms with Gasteiger partial charge in [-0.05, 0) is 49.1 Å². The number of esters is 1. The number of aromatic amines is 1. The van der Waals surface area contributed by atoms with E-state index < -0.39 is 17.6 Å². The molecule has 3 aromatic rings. The molecule has 0 radical (unpaired) electrons. The molecule has 2 aromatic carbocycles. The zero-order valence-corrected chi connectivity index (χ0v) is 15.6. The second kappa shape index (κ2) is 7.67. The third-order valence-electron chi connectivity index (χ3n) is 3.94. The number of aromatic nitrogens is 4. The minimum absolute atomic E-state index is 0.394. The number of nitrogens with two attached hydrogens (primary N) is 1. The molecule has 140 valence electrons. The van der Waals surface area contributed by atoms with Gasteiger partial charge in [0.05, 0.1) is 0 Å². The Morgan fingerprint density at radius 3 is 2.37 bits per heavy atom. The van der Waals surface area contributed by atoms with Crippen molar-refractivity contribution in [2.45, 2.75) is 38.8 Å². The van der Waals surface area contributed by atoms with Gasteiger partial charge < -0.3 is 10.5 Å². The van der Waals surface area contributed by atoms with Crippen LogP contribution in [0.4, 0.5) is 0 Å². The van der Waals surface area contributed by atoms with Crippen molar-refractivity contribution < 1.29 is 9.53 Å². The summed E-state index contributed by atoms with van der Waals surface area (Å²) in [7, 11) is 0. The molecule has 1 heterocycles. The number of carbonyl (C=O) groups is 1. The van der Waals surface area contributed by atoms with Gasteiger partial charge in [-0.2, -0.15) is 5.21 Å². The molecule has 0 bridgehead atoms. The summed E-state index contributed by atoms with van der Waals surface area (Å²) in [5, 5.41) is 14.2. The Hall–Kier alpha value is -3.06. The third-order valence-corrected chi connectivity index (χ3v) is 3.94. The van der Waals surface area contributed by atoms with Gasteiger partial charge in [-0.15, -0.1) is 10.2 Å². The summed E-state index contributed by atoms with van der Waals surface area (Å²) in [5.41, 5.74) is 9.33. The summed E-state index contributed by atoms with van der Waals surface area (Å²) < 4.78 is 5.34. The maximum atomic E-state index is 12.1. The number of rotatable bonds is 5. The Labute approximate surface area is 157 Å². The Morgan fingerprint density at radius 2 is 1.78 bits per heavy atom. The normalized spacial score (nSPS) is 12.6. The van der Waals surface area contributed by atoms with E-state index in [4.69, 9.17) is 10.5 Å². The van der Waals surface area contributed by atoms with Crippen LogP contribution in [0.3, 0.4) is 0 Å². The van der Waals surface area contributed by atoms with Crippen molar-refractivity contribution in [3.8, 4) is 22.5 Å². The molecule has 0 amide bonds. The summed E-state index contributed by atoms with van der Waals surface area (Å²) >= 11 is 0. The molecule has 0 aliphatic heterocycles. The van der Waals surface area contributed by atoms with Crippen molar-refractivity contribution in [3.63, 3.8) is 0 Å². The SMILES string of the molecule is CC(C)(C)OC(=O)[C@@H](N)Cc1ccc(-c2ccccc2-c2nn[nH]n2)cc1. The Bertz CT molecular complexity index is 899. The fraction of sp³-hybridized carbons (Fsp3) is 0.300. The average Bonchev–Trinajstić information content (AvgIpc) is 3.15. The minimum Gasteiger partial charge on any atom is -0.459 e. The van der Waals surface area contributed by atoms with Crippen molar-refractivity contribution in [1.82, 2.24) is 20.6 Å². The van der Waals surface area contributed by atoms with E-state index in [9.17, 15) is 4.79 Å². The first-order valence-electron chi connectivity index (χ1n) is 8.74. The molecule has 0 unspecified atom stereocenters. The molecule has 0 aliphatic carbocycles. The van der Waals surface area contributed by atoms with Crippen LogP contribution in [0.2, 0.25) is 0 Å².